The van der Waals surface area contributed by atoms with Gasteiger partial charge in [-0.3, -0.25) is 4.79 Å². The predicted octanol–water partition coefficient (Wildman–Crippen LogP) is 4.54. The molecule has 0 spiro atoms. The lowest BCUT2D eigenvalue weighted by Gasteiger charge is -2.22. The molecule has 1 amide bonds. The number of nitrogens with one attached hydrogen (secondary N) is 1. The lowest BCUT2D eigenvalue weighted by Crippen LogP contribution is -2.37. The molecule has 0 aromatic heterocycles. The van der Waals surface area contributed by atoms with Crippen LogP contribution in [0.3, 0.4) is 0 Å². The van der Waals surface area contributed by atoms with Crippen molar-refractivity contribution >= 4 is 21.6 Å². The van der Waals surface area contributed by atoms with Gasteiger partial charge in [0.25, 0.3) is 0 Å². The minimum atomic E-state index is -4.50. The average Bonchev–Trinajstić information content (AvgIpc) is 2.79. The van der Waals surface area contributed by atoms with Crippen molar-refractivity contribution in [1.29, 1.82) is 0 Å². The van der Waals surface area contributed by atoms with Crippen molar-refractivity contribution in [2.75, 3.05) is 19.0 Å². The highest BCUT2D eigenvalue weighted by molar-refractivity contribution is 7.89. The molecule has 174 valence electrons. The molecular weight excluding hydrogens is 457 g/mol. The number of carbonyl (C=O) groups excluding carboxylic acids is 1. The molecule has 3 aromatic carbocycles. The number of rotatable bonds is 8. The molecule has 3 aromatic rings. The maximum Gasteiger partial charge on any atom is 0.416 e. The largest absolute Gasteiger partial charge is 0.497 e. The molecule has 0 atom stereocenters. The van der Waals surface area contributed by atoms with Gasteiger partial charge in [0.1, 0.15) is 5.75 Å². The van der Waals surface area contributed by atoms with E-state index in [9.17, 15) is 26.4 Å². The Labute approximate surface area is 189 Å². The molecular formula is C23H21F3N2O4S. The highest BCUT2D eigenvalue weighted by atomic mass is 32.2. The van der Waals surface area contributed by atoms with E-state index < -0.39 is 34.2 Å². The first-order valence-corrected chi connectivity index (χ1v) is 11.2. The Morgan fingerprint density at radius 3 is 2.09 bits per heavy atom. The molecule has 0 fully saturated rings. The van der Waals surface area contributed by atoms with E-state index in [0.29, 0.717) is 11.3 Å². The van der Waals surface area contributed by atoms with Gasteiger partial charge in [-0.05, 0) is 54.1 Å². The second kappa shape index (κ2) is 10.1. The summed E-state index contributed by atoms with van der Waals surface area (Å²) in [5, 5.41) is 2.45. The summed E-state index contributed by atoms with van der Waals surface area (Å²) >= 11 is 0. The number of anilines is 1. The van der Waals surface area contributed by atoms with Crippen LogP contribution in [0.5, 0.6) is 5.75 Å². The number of hydrogen-bond donors (Lipinski definition) is 1. The minimum Gasteiger partial charge on any atom is -0.497 e. The first-order valence-electron chi connectivity index (χ1n) is 9.75. The fraction of sp³-hybridized carbons (Fsp3) is 0.174. The van der Waals surface area contributed by atoms with Gasteiger partial charge >= 0.3 is 6.18 Å². The Morgan fingerprint density at radius 2 is 1.55 bits per heavy atom. The van der Waals surface area contributed by atoms with Crippen molar-refractivity contribution < 1.29 is 31.1 Å². The zero-order valence-electron chi connectivity index (χ0n) is 17.5. The lowest BCUT2D eigenvalue weighted by molar-refractivity contribution is -0.137. The van der Waals surface area contributed by atoms with Crippen molar-refractivity contribution in [3.8, 4) is 5.75 Å². The van der Waals surface area contributed by atoms with Gasteiger partial charge in [-0.15, -0.1) is 0 Å². The van der Waals surface area contributed by atoms with Gasteiger partial charge in [-0.2, -0.15) is 17.5 Å². The summed E-state index contributed by atoms with van der Waals surface area (Å²) in [5.74, 6) is -0.216. The van der Waals surface area contributed by atoms with Crippen LogP contribution in [0.15, 0.2) is 83.8 Å². The van der Waals surface area contributed by atoms with Crippen LogP contribution in [0, 0.1) is 0 Å². The third-order valence-corrected chi connectivity index (χ3v) is 6.52. The smallest absolute Gasteiger partial charge is 0.416 e. The number of hydrogen-bond acceptors (Lipinski definition) is 4. The lowest BCUT2D eigenvalue weighted by atomic mass is 10.2. The molecule has 0 heterocycles. The molecule has 0 bridgehead atoms. The summed E-state index contributed by atoms with van der Waals surface area (Å²) in [5.41, 5.74) is -0.0697. The fourth-order valence-electron chi connectivity index (χ4n) is 3.01. The zero-order valence-corrected chi connectivity index (χ0v) is 18.4. The monoisotopic (exact) mass is 478 g/mol. The summed E-state index contributed by atoms with van der Waals surface area (Å²) in [6.45, 7) is -0.611. The Morgan fingerprint density at radius 1 is 0.939 bits per heavy atom. The van der Waals surface area contributed by atoms with E-state index in [1.807, 2.05) is 0 Å². The van der Waals surface area contributed by atoms with E-state index in [1.54, 1.807) is 30.3 Å². The van der Waals surface area contributed by atoms with Gasteiger partial charge in [0, 0.05) is 12.2 Å². The molecule has 6 nitrogen and oxygen atoms in total. The van der Waals surface area contributed by atoms with Gasteiger partial charge in [0.2, 0.25) is 15.9 Å². The van der Waals surface area contributed by atoms with Crippen LogP contribution in [-0.2, 0) is 27.5 Å². The molecule has 0 aliphatic heterocycles. The van der Waals surface area contributed by atoms with E-state index in [-0.39, 0.29) is 17.1 Å². The van der Waals surface area contributed by atoms with E-state index >= 15 is 0 Å². The molecule has 0 aliphatic rings. The van der Waals surface area contributed by atoms with E-state index in [4.69, 9.17) is 4.74 Å². The Kier molecular flexibility index (Phi) is 7.39. The van der Waals surface area contributed by atoms with Gasteiger partial charge in [0.15, 0.2) is 0 Å². The van der Waals surface area contributed by atoms with Gasteiger partial charge in [-0.1, -0.05) is 30.3 Å². The summed E-state index contributed by atoms with van der Waals surface area (Å²) in [4.78, 5) is 12.6. The van der Waals surface area contributed by atoms with Crippen molar-refractivity contribution in [2.45, 2.75) is 17.6 Å². The molecule has 3 rings (SSSR count). The summed E-state index contributed by atoms with van der Waals surface area (Å²) < 4.78 is 70.8. The number of methoxy groups -OCH3 is 1. The third kappa shape index (κ3) is 6.33. The first kappa shape index (κ1) is 24.3. The van der Waals surface area contributed by atoms with E-state index in [1.165, 1.54) is 31.4 Å². The Bertz CT molecular complexity index is 1180. The zero-order chi connectivity index (χ0) is 24.1. The van der Waals surface area contributed by atoms with Crippen molar-refractivity contribution in [3.05, 3.63) is 90.0 Å². The molecule has 0 saturated carbocycles. The molecule has 0 saturated heterocycles. The van der Waals surface area contributed by atoms with Crippen molar-refractivity contribution in [1.82, 2.24) is 4.31 Å². The van der Waals surface area contributed by atoms with Crippen LogP contribution in [-0.4, -0.2) is 32.3 Å². The van der Waals surface area contributed by atoms with Crippen molar-refractivity contribution in [2.24, 2.45) is 0 Å². The van der Waals surface area contributed by atoms with Crippen molar-refractivity contribution in [3.63, 3.8) is 0 Å². The molecule has 10 heteroatoms. The van der Waals surface area contributed by atoms with E-state index in [2.05, 4.69) is 5.32 Å². The van der Waals surface area contributed by atoms with E-state index in [0.717, 1.165) is 28.6 Å². The number of amides is 1. The summed E-state index contributed by atoms with van der Waals surface area (Å²) in [7, 11) is -2.61. The van der Waals surface area contributed by atoms with Crippen LogP contribution in [0.1, 0.15) is 11.1 Å². The summed E-state index contributed by atoms with van der Waals surface area (Å²) in [6, 6.07) is 18.4. The predicted molar refractivity (Wildman–Crippen MR) is 117 cm³/mol. The minimum absolute atomic E-state index is 0.0263. The van der Waals surface area contributed by atoms with Crippen LogP contribution >= 0.6 is 0 Å². The van der Waals surface area contributed by atoms with Crippen LogP contribution in [0.4, 0.5) is 18.9 Å². The Balaban J connectivity index is 1.82. The maximum absolute atomic E-state index is 13.3. The SMILES string of the molecule is COc1ccc(S(=O)(=O)N(CC(=O)Nc2ccc(C(F)(F)F)cc2)Cc2ccccc2)cc1. The fourth-order valence-corrected chi connectivity index (χ4v) is 4.40. The van der Waals surface area contributed by atoms with Crippen LogP contribution < -0.4 is 10.1 Å². The standard InChI is InChI=1S/C23H21F3N2O4S/c1-32-20-11-13-21(14-12-20)33(30,31)28(15-17-5-3-2-4-6-17)16-22(29)27-19-9-7-18(8-10-19)23(24,25)26/h2-14H,15-16H2,1H3,(H,27,29). The van der Waals surface area contributed by atoms with Gasteiger partial charge < -0.3 is 10.1 Å². The van der Waals surface area contributed by atoms with Gasteiger partial charge in [0.05, 0.1) is 24.1 Å². The number of nitrogens with zero attached hydrogens (tertiary/aromatic N) is 1. The maximum atomic E-state index is 13.3. The van der Waals surface area contributed by atoms with Crippen LogP contribution in [0.25, 0.3) is 0 Å². The molecule has 0 radical (unpaired) electrons. The topological polar surface area (TPSA) is 75.7 Å². The number of sulfonamides is 1. The second-order valence-corrected chi connectivity index (χ2v) is 9.00. The number of benzene rings is 3. The highest BCUT2D eigenvalue weighted by Crippen LogP contribution is 2.30. The third-order valence-electron chi connectivity index (χ3n) is 4.71. The van der Waals surface area contributed by atoms with Crippen LogP contribution in [0.2, 0.25) is 0 Å². The number of alkyl halides is 3. The summed E-state index contributed by atoms with van der Waals surface area (Å²) in [6.07, 6.45) is -4.50. The number of halogens is 3. The highest BCUT2D eigenvalue weighted by Gasteiger charge is 2.30. The Hall–Kier alpha value is -3.37. The molecule has 33 heavy (non-hydrogen) atoms. The molecule has 1 N–H and O–H groups in total. The number of ether oxygens (including phenoxy) is 1. The van der Waals surface area contributed by atoms with Gasteiger partial charge in [-0.25, -0.2) is 8.42 Å². The normalized spacial score (nSPS) is 11.9. The average molecular weight is 478 g/mol. The first-order chi connectivity index (χ1) is 15.6. The molecule has 0 unspecified atom stereocenters. The second-order valence-electron chi connectivity index (χ2n) is 7.06. The molecule has 0 aliphatic carbocycles. The quantitative estimate of drug-likeness (QED) is 0.516. The number of carbonyl (C=O) groups is 1.